The van der Waals surface area contributed by atoms with E-state index in [0.29, 0.717) is 0 Å². The number of nitro benzene ring substituents is 1. The molecular formula is C27H29NO10S. The molecule has 3 aromatic rings. The van der Waals surface area contributed by atoms with Crippen LogP contribution >= 0.6 is 0 Å². The molecule has 1 saturated carbocycles. The van der Waals surface area contributed by atoms with E-state index in [4.69, 9.17) is 18.4 Å². The molecule has 6 atom stereocenters. The minimum absolute atomic E-state index is 0.00204. The largest absolute Gasteiger partial charge is 0.387 e. The standard InChI is InChI=1S/C27H29NO10S/c1-35-25-22(29)24(36-16-18-8-4-2-5-9-18)23(30)26(37-17-19-10-6-3-7-11-19)27(25)38-39(33,34)21-14-12-20(13-15-21)28(31)32/h2-15,22-27,29-30H,16-17H2,1H3. The zero-order chi connectivity index (χ0) is 28.0. The van der Waals surface area contributed by atoms with Gasteiger partial charge < -0.3 is 24.4 Å². The molecule has 0 spiro atoms. The van der Waals surface area contributed by atoms with Gasteiger partial charge in [-0.3, -0.25) is 14.3 Å². The second-order valence-corrected chi connectivity index (χ2v) is 10.5. The van der Waals surface area contributed by atoms with Crippen LogP contribution in [-0.4, -0.2) is 67.3 Å². The first-order valence-corrected chi connectivity index (χ1v) is 13.5. The number of ether oxygens (including phenoxy) is 3. The predicted octanol–water partition coefficient (Wildman–Crippen LogP) is 2.59. The maximum Gasteiger partial charge on any atom is 0.297 e. The van der Waals surface area contributed by atoms with Crippen LogP contribution in [0.4, 0.5) is 5.69 Å². The van der Waals surface area contributed by atoms with E-state index in [9.17, 15) is 28.7 Å². The van der Waals surface area contributed by atoms with Crippen LogP contribution in [0.25, 0.3) is 0 Å². The lowest BCUT2D eigenvalue weighted by Gasteiger charge is -2.46. The van der Waals surface area contributed by atoms with E-state index in [-0.39, 0.29) is 23.8 Å². The summed E-state index contributed by atoms with van der Waals surface area (Å²) in [7, 11) is -3.26. The lowest BCUT2D eigenvalue weighted by Crippen LogP contribution is -2.66. The Balaban J connectivity index is 1.62. The summed E-state index contributed by atoms with van der Waals surface area (Å²) >= 11 is 0. The van der Waals surface area contributed by atoms with Crippen LogP contribution < -0.4 is 0 Å². The summed E-state index contributed by atoms with van der Waals surface area (Å²) in [6.45, 7) is 0.0615. The Morgan fingerprint density at radius 3 is 1.72 bits per heavy atom. The van der Waals surface area contributed by atoms with Gasteiger partial charge in [0.25, 0.3) is 15.8 Å². The normalized spacial score (nSPS) is 25.3. The Hall–Kier alpha value is -3.23. The third kappa shape index (κ3) is 6.86. The molecule has 6 unspecified atom stereocenters. The molecule has 208 valence electrons. The third-order valence-corrected chi connectivity index (χ3v) is 7.74. The molecule has 0 amide bonds. The van der Waals surface area contributed by atoms with Crippen molar-refractivity contribution in [2.24, 2.45) is 0 Å². The molecule has 12 heteroatoms. The summed E-state index contributed by atoms with van der Waals surface area (Å²) < 4.78 is 49.2. The Kier molecular flexibility index (Phi) is 9.40. The van der Waals surface area contributed by atoms with Gasteiger partial charge in [0.2, 0.25) is 0 Å². The Morgan fingerprint density at radius 2 is 1.23 bits per heavy atom. The highest BCUT2D eigenvalue weighted by atomic mass is 32.2. The molecule has 3 aromatic carbocycles. The Morgan fingerprint density at radius 1 is 0.744 bits per heavy atom. The fourth-order valence-corrected chi connectivity index (χ4v) is 5.49. The second-order valence-electron chi connectivity index (χ2n) is 8.97. The van der Waals surface area contributed by atoms with Crippen LogP contribution in [-0.2, 0) is 41.7 Å². The first kappa shape index (κ1) is 28.8. The van der Waals surface area contributed by atoms with Crippen LogP contribution in [0.3, 0.4) is 0 Å². The van der Waals surface area contributed by atoms with Gasteiger partial charge in [0.1, 0.15) is 36.6 Å². The summed E-state index contributed by atoms with van der Waals surface area (Å²) in [6.07, 6.45) is -8.24. The average molecular weight is 560 g/mol. The van der Waals surface area contributed by atoms with Crippen LogP contribution in [0.15, 0.2) is 89.8 Å². The van der Waals surface area contributed by atoms with Crippen molar-refractivity contribution in [3.63, 3.8) is 0 Å². The second kappa shape index (κ2) is 12.7. The molecule has 1 fully saturated rings. The highest BCUT2D eigenvalue weighted by Gasteiger charge is 2.54. The van der Waals surface area contributed by atoms with E-state index in [1.54, 1.807) is 24.3 Å². The van der Waals surface area contributed by atoms with E-state index in [2.05, 4.69) is 0 Å². The molecule has 11 nitrogen and oxygen atoms in total. The van der Waals surface area contributed by atoms with Crippen molar-refractivity contribution in [1.82, 2.24) is 0 Å². The zero-order valence-corrected chi connectivity index (χ0v) is 21.8. The fourth-order valence-electron chi connectivity index (χ4n) is 4.39. The van der Waals surface area contributed by atoms with Crippen molar-refractivity contribution >= 4 is 15.8 Å². The summed E-state index contributed by atoms with van der Waals surface area (Å²) in [4.78, 5) is 9.96. The Labute approximate surface area is 225 Å². The van der Waals surface area contributed by atoms with Gasteiger partial charge in [-0.15, -0.1) is 0 Å². The van der Waals surface area contributed by atoms with Crippen LogP contribution in [0.5, 0.6) is 0 Å². The molecule has 39 heavy (non-hydrogen) atoms. The molecule has 0 radical (unpaired) electrons. The summed E-state index contributed by atoms with van der Waals surface area (Å²) in [5.74, 6) is 0. The molecule has 0 bridgehead atoms. The summed E-state index contributed by atoms with van der Waals surface area (Å²) in [5.41, 5.74) is 1.25. The van der Waals surface area contributed by atoms with Gasteiger partial charge in [0.15, 0.2) is 0 Å². The number of hydrogen-bond donors (Lipinski definition) is 2. The first-order chi connectivity index (χ1) is 18.7. The highest BCUT2D eigenvalue weighted by Crippen LogP contribution is 2.33. The van der Waals surface area contributed by atoms with E-state index in [1.807, 2.05) is 36.4 Å². The lowest BCUT2D eigenvalue weighted by molar-refractivity contribution is -0.384. The predicted molar refractivity (Wildman–Crippen MR) is 138 cm³/mol. The summed E-state index contributed by atoms with van der Waals surface area (Å²) in [5, 5.41) is 33.4. The topological polar surface area (TPSA) is 155 Å². The van der Waals surface area contributed by atoms with E-state index >= 15 is 0 Å². The fraction of sp³-hybridized carbons (Fsp3) is 0.333. The zero-order valence-electron chi connectivity index (χ0n) is 21.0. The van der Waals surface area contributed by atoms with Gasteiger partial charge in [0.05, 0.1) is 23.0 Å². The van der Waals surface area contributed by atoms with Gasteiger partial charge in [-0.05, 0) is 23.3 Å². The highest BCUT2D eigenvalue weighted by molar-refractivity contribution is 7.86. The lowest BCUT2D eigenvalue weighted by atomic mass is 9.84. The van der Waals surface area contributed by atoms with Gasteiger partial charge in [-0.1, -0.05) is 60.7 Å². The van der Waals surface area contributed by atoms with Gasteiger partial charge in [0, 0.05) is 19.2 Å². The number of aliphatic hydroxyl groups excluding tert-OH is 2. The minimum Gasteiger partial charge on any atom is -0.387 e. The van der Waals surface area contributed by atoms with Gasteiger partial charge in [-0.2, -0.15) is 8.42 Å². The van der Waals surface area contributed by atoms with Crippen molar-refractivity contribution in [2.45, 2.75) is 54.7 Å². The van der Waals surface area contributed by atoms with Crippen LogP contribution in [0, 0.1) is 10.1 Å². The number of non-ortho nitro benzene ring substituents is 1. The SMILES string of the molecule is COC1C(O)C(OCc2ccccc2)C(O)C(OCc2ccccc2)C1OS(=O)(=O)c1ccc([N+](=O)[O-])cc1. The van der Waals surface area contributed by atoms with Crippen LogP contribution in [0.2, 0.25) is 0 Å². The summed E-state index contributed by atoms with van der Waals surface area (Å²) in [6, 6.07) is 22.3. The third-order valence-electron chi connectivity index (χ3n) is 6.41. The molecule has 1 aliphatic carbocycles. The molecule has 0 heterocycles. The van der Waals surface area contributed by atoms with Crippen molar-refractivity contribution < 1.29 is 41.9 Å². The number of hydrogen-bond acceptors (Lipinski definition) is 10. The molecule has 0 saturated heterocycles. The quantitative estimate of drug-likeness (QED) is 0.203. The number of benzene rings is 3. The molecule has 1 aliphatic rings. The number of rotatable bonds is 11. The van der Waals surface area contributed by atoms with Crippen molar-refractivity contribution in [3.05, 3.63) is 106 Å². The maximum atomic E-state index is 13.2. The van der Waals surface area contributed by atoms with E-state index < -0.39 is 51.7 Å². The first-order valence-electron chi connectivity index (χ1n) is 12.1. The van der Waals surface area contributed by atoms with Crippen molar-refractivity contribution in [1.29, 1.82) is 0 Å². The molecule has 0 aromatic heterocycles. The number of methoxy groups -OCH3 is 1. The number of aliphatic hydroxyl groups is 2. The maximum absolute atomic E-state index is 13.2. The van der Waals surface area contributed by atoms with Gasteiger partial charge in [-0.25, -0.2) is 0 Å². The smallest absolute Gasteiger partial charge is 0.297 e. The minimum atomic E-state index is -4.53. The molecule has 0 aliphatic heterocycles. The monoisotopic (exact) mass is 559 g/mol. The number of nitrogens with zero attached hydrogens (tertiary/aromatic N) is 1. The van der Waals surface area contributed by atoms with Gasteiger partial charge >= 0.3 is 0 Å². The average Bonchev–Trinajstić information content (AvgIpc) is 2.94. The van der Waals surface area contributed by atoms with E-state index in [0.717, 1.165) is 35.4 Å². The van der Waals surface area contributed by atoms with Crippen molar-refractivity contribution in [2.75, 3.05) is 7.11 Å². The molecule has 2 N–H and O–H groups in total. The Bertz CT molecular complexity index is 1320. The number of nitro groups is 1. The van der Waals surface area contributed by atoms with Crippen LogP contribution in [0.1, 0.15) is 11.1 Å². The van der Waals surface area contributed by atoms with E-state index in [1.165, 1.54) is 7.11 Å². The molecule has 4 rings (SSSR count). The van der Waals surface area contributed by atoms with Crippen molar-refractivity contribution in [3.8, 4) is 0 Å². The molecular weight excluding hydrogens is 530 g/mol.